The molecule has 2 aromatic rings. The number of anilines is 1. The summed E-state index contributed by atoms with van der Waals surface area (Å²) in [6, 6.07) is 9.91. The summed E-state index contributed by atoms with van der Waals surface area (Å²) in [5, 5.41) is 3.78. The molecule has 0 bridgehead atoms. The normalized spacial score (nSPS) is 16.4. The number of hydrogen-bond donors (Lipinski definition) is 1. The fraction of sp³-hybridized carbons (Fsp3) is 0.375. The van der Waals surface area contributed by atoms with Gasteiger partial charge in [0.15, 0.2) is 0 Å². The van der Waals surface area contributed by atoms with Gasteiger partial charge in [-0.2, -0.15) is 0 Å². The average molecular weight is 304 g/mol. The van der Waals surface area contributed by atoms with E-state index in [9.17, 15) is 0 Å². The number of aromatic nitrogens is 2. The topological polar surface area (TPSA) is 47.0 Å². The van der Waals surface area contributed by atoms with Gasteiger partial charge < -0.3 is 10.1 Å². The second kappa shape index (κ2) is 6.31. The van der Waals surface area contributed by atoms with Crippen LogP contribution in [-0.4, -0.2) is 22.6 Å². The van der Waals surface area contributed by atoms with Crippen molar-refractivity contribution in [3.63, 3.8) is 0 Å². The van der Waals surface area contributed by atoms with Crippen LogP contribution >= 0.6 is 11.6 Å². The SMILES string of the molecule is CCCc1nc(Cl)cc(NCC2Cc3ccccc3O2)n1. The van der Waals surface area contributed by atoms with Gasteiger partial charge in [0.1, 0.15) is 28.6 Å². The summed E-state index contributed by atoms with van der Waals surface area (Å²) in [7, 11) is 0. The molecule has 0 saturated carbocycles. The minimum Gasteiger partial charge on any atom is -0.488 e. The molecule has 0 aliphatic carbocycles. The highest BCUT2D eigenvalue weighted by molar-refractivity contribution is 6.29. The molecule has 1 aliphatic heterocycles. The van der Waals surface area contributed by atoms with Gasteiger partial charge in [0.25, 0.3) is 0 Å². The van der Waals surface area contributed by atoms with Gasteiger partial charge >= 0.3 is 0 Å². The van der Waals surface area contributed by atoms with Crippen LogP contribution in [0.4, 0.5) is 5.82 Å². The zero-order valence-corrected chi connectivity index (χ0v) is 12.7. The molecule has 1 atom stereocenters. The number of ether oxygens (including phenoxy) is 1. The Morgan fingerprint density at radius 2 is 2.19 bits per heavy atom. The quantitative estimate of drug-likeness (QED) is 0.859. The number of hydrogen-bond acceptors (Lipinski definition) is 4. The lowest BCUT2D eigenvalue weighted by Crippen LogP contribution is -2.24. The van der Waals surface area contributed by atoms with Crippen LogP contribution in [0, 0.1) is 0 Å². The number of aryl methyl sites for hydroxylation is 1. The Morgan fingerprint density at radius 3 is 3.00 bits per heavy atom. The van der Waals surface area contributed by atoms with Gasteiger partial charge in [-0.1, -0.05) is 36.7 Å². The maximum Gasteiger partial charge on any atom is 0.134 e. The first-order chi connectivity index (χ1) is 10.2. The van der Waals surface area contributed by atoms with Crippen LogP contribution in [-0.2, 0) is 12.8 Å². The third-order valence-electron chi connectivity index (χ3n) is 3.44. The predicted molar refractivity (Wildman–Crippen MR) is 84.1 cm³/mol. The van der Waals surface area contributed by atoms with Crippen molar-refractivity contribution in [2.24, 2.45) is 0 Å². The fourth-order valence-corrected chi connectivity index (χ4v) is 2.68. The molecule has 1 aromatic carbocycles. The maximum atomic E-state index is 6.03. The second-order valence-corrected chi connectivity index (χ2v) is 5.56. The average Bonchev–Trinajstić information content (AvgIpc) is 2.88. The van der Waals surface area contributed by atoms with Crippen molar-refractivity contribution in [2.75, 3.05) is 11.9 Å². The van der Waals surface area contributed by atoms with E-state index in [1.54, 1.807) is 6.07 Å². The summed E-state index contributed by atoms with van der Waals surface area (Å²) >= 11 is 6.03. The van der Waals surface area contributed by atoms with E-state index in [-0.39, 0.29) is 6.10 Å². The highest BCUT2D eigenvalue weighted by atomic mass is 35.5. The van der Waals surface area contributed by atoms with Gasteiger partial charge in [-0.05, 0) is 18.1 Å². The first-order valence-corrected chi connectivity index (χ1v) is 7.64. The van der Waals surface area contributed by atoms with Crippen LogP contribution in [0.5, 0.6) is 5.75 Å². The van der Waals surface area contributed by atoms with Crippen molar-refractivity contribution < 1.29 is 4.74 Å². The van der Waals surface area contributed by atoms with Crippen LogP contribution in [0.2, 0.25) is 5.15 Å². The molecular formula is C16H18ClN3O. The zero-order chi connectivity index (χ0) is 14.7. The first kappa shape index (κ1) is 14.1. The molecule has 3 rings (SSSR count). The minimum absolute atomic E-state index is 0.130. The van der Waals surface area contributed by atoms with Crippen molar-refractivity contribution >= 4 is 17.4 Å². The molecule has 0 fully saturated rings. The molecular weight excluding hydrogens is 286 g/mol. The Hall–Kier alpha value is -1.81. The summed E-state index contributed by atoms with van der Waals surface area (Å²) in [6.45, 7) is 2.80. The number of benzene rings is 1. The zero-order valence-electron chi connectivity index (χ0n) is 12.0. The number of nitrogens with one attached hydrogen (secondary N) is 1. The van der Waals surface area contributed by atoms with Gasteiger partial charge in [0.2, 0.25) is 0 Å². The molecule has 1 unspecified atom stereocenters. The summed E-state index contributed by atoms with van der Waals surface area (Å²) in [6.07, 6.45) is 2.89. The lowest BCUT2D eigenvalue weighted by atomic mass is 10.1. The van der Waals surface area contributed by atoms with Crippen molar-refractivity contribution in [3.8, 4) is 5.75 Å². The van der Waals surface area contributed by atoms with Crippen molar-refractivity contribution in [2.45, 2.75) is 32.3 Å². The molecule has 1 N–H and O–H groups in total. The van der Waals surface area contributed by atoms with E-state index in [4.69, 9.17) is 16.3 Å². The molecule has 21 heavy (non-hydrogen) atoms. The first-order valence-electron chi connectivity index (χ1n) is 7.26. The van der Waals surface area contributed by atoms with Gasteiger partial charge in [-0.3, -0.25) is 0 Å². The molecule has 0 radical (unpaired) electrons. The van der Waals surface area contributed by atoms with Gasteiger partial charge in [0, 0.05) is 18.9 Å². The van der Waals surface area contributed by atoms with Gasteiger partial charge in [-0.15, -0.1) is 0 Å². The van der Waals surface area contributed by atoms with Crippen LogP contribution in [0.1, 0.15) is 24.7 Å². The summed E-state index contributed by atoms with van der Waals surface area (Å²) in [5.74, 6) is 2.53. The Morgan fingerprint density at radius 1 is 1.33 bits per heavy atom. The number of nitrogens with zero attached hydrogens (tertiary/aromatic N) is 2. The summed E-state index contributed by atoms with van der Waals surface area (Å²) < 4.78 is 5.90. The Labute approximate surface area is 129 Å². The molecule has 0 saturated heterocycles. The van der Waals surface area contributed by atoms with Crippen molar-refractivity contribution in [1.82, 2.24) is 9.97 Å². The molecule has 1 aliphatic rings. The van der Waals surface area contributed by atoms with Crippen LogP contribution in [0.25, 0.3) is 0 Å². The molecule has 0 amide bonds. The smallest absolute Gasteiger partial charge is 0.134 e. The molecule has 4 nitrogen and oxygen atoms in total. The summed E-state index contributed by atoms with van der Waals surface area (Å²) in [5.41, 5.74) is 1.26. The molecule has 110 valence electrons. The standard InChI is InChI=1S/C16H18ClN3O/c1-2-5-15-19-14(17)9-16(20-15)18-10-12-8-11-6-3-4-7-13(11)21-12/h3-4,6-7,9,12H,2,5,8,10H2,1H3,(H,18,19,20). The third-order valence-corrected chi connectivity index (χ3v) is 3.63. The lowest BCUT2D eigenvalue weighted by molar-refractivity contribution is 0.246. The number of fused-ring (bicyclic) bond motifs is 1. The third kappa shape index (κ3) is 3.45. The predicted octanol–water partition coefficient (Wildman–Crippen LogP) is 3.50. The Balaban J connectivity index is 1.61. The highest BCUT2D eigenvalue weighted by Crippen LogP contribution is 2.28. The Bertz CT molecular complexity index is 608. The van der Waals surface area contributed by atoms with Gasteiger partial charge in [0.05, 0.1) is 6.54 Å². The van der Waals surface area contributed by atoms with Crippen LogP contribution in [0.3, 0.4) is 0 Å². The lowest BCUT2D eigenvalue weighted by Gasteiger charge is -2.13. The molecule has 1 aromatic heterocycles. The van der Waals surface area contributed by atoms with E-state index < -0.39 is 0 Å². The monoisotopic (exact) mass is 303 g/mol. The molecule has 5 heteroatoms. The van der Waals surface area contributed by atoms with Crippen molar-refractivity contribution in [1.29, 1.82) is 0 Å². The second-order valence-electron chi connectivity index (χ2n) is 5.17. The van der Waals surface area contributed by atoms with E-state index in [0.29, 0.717) is 11.7 Å². The van der Waals surface area contributed by atoms with E-state index in [1.807, 2.05) is 18.2 Å². The van der Waals surface area contributed by atoms with E-state index in [0.717, 1.165) is 36.7 Å². The number of halogens is 1. The summed E-state index contributed by atoms with van der Waals surface area (Å²) in [4.78, 5) is 8.69. The van der Waals surface area contributed by atoms with Crippen LogP contribution in [0.15, 0.2) is 30.3 Å². The molecule has 0 spiro atoms. The maximum absolute atomic E-state index is 6.03. The van der Waals surface area contributed by atoms with E-state index in [1.165, 1.54) is 5.56 Å². The highest BCUT2D eigenvalue weighted by Gasteiger charge is 2.22. The number of para-hydroxylation sites is 1. The minimum atomic E-state index is 0.130. The fourth-order valence-electron chi connectivity index (χ4n) is 2.48. The Kier molecular flexibility index (Phi) is 4.25. The molecule has 2 heterocycles. The van der Waals surface area contributed by atoms with E-state index in [2.05, 4.69) is 28.3 Å². The van der Waals surface area contributed by atoms with Crippen molar-refractivity contribution in [3.05, 3.63) is 46.9 Å². The van der Waals surface area contributed by atoms with Crippen LogP contribution < -0.4 is 10.1 Å². The van der Waals surface area contributed by atoms with E-state index >= 15 is 0 Å². The number of rotatable bonds is 5. The largest absolute Gasteiger partial charge is 0.488 e. The van der Waals surface area contributed by atoms with Gasteiger partial charge in [-0.25, -0.2) is 9.97 Å².